The van der Waals surface area contributed by atoms with Crippen LogP contribution < -0.4 is 10.6 Å². The Bertz CT molecular complexity index is 1090. The van der Waals surface area contributed by atoms with E-state index in [0.29, 0.717) is 30.5 Å². The van der Waals surface area contributed by atoms with E-state index in [4.69, 9.17) is 10.2 Å². The zero-order valence-corrected chi connectivity index (χ0v) is 16.3. The maximum atomic E-state index is 12.3. The maximum absolute atomic E-state index is 12.3. The van der Waals surface area contributed by atoms with Gasteiger partial charge in [-0.1, -0.05) is 17.2 Å². The highest BCUT2D eigenvalue weighted by molar-refractivity contribution is 7.92. The Morgan fingerprint density at radius 2 is 1.79 bits per heavy atom. The molecular weight excluding hydrogens is 380 g/mol. The molecule has 1 aliphatic heterocycles. The van der Waals surface area contributed by atoms with E-state index >= 15 is 0 Å². The quantitative estimate of drug-likeness (QED) is 0.678. The molecule has 0 atom stereocenters. The molecule has 1 aromatic carbocycles. The molecule has 10 heteroatoms. The van der Waals surface area contributed by atoms with Crippen molar-refractivity contribution in [3.63, 3.8) is 0 Å². The van der Waals surface area contributed by atoms with Crippen molar-refractivity contribution in [3.05, 3.63) is 36.7 Å². The fourth-order valence-corrected chi connectivity index (χ4v) is 3.87. The normalized spacial score (nSPS) is 15.1. The summed E-state index contributed by atoms with van der Waals surface area (Å²) < 4.78 is 30.2. The molecule has 0 radical (unpaired) electrons. The predicted octanol–water partition coefficient (Wildman–Crippen LogP) is 1.52. The molecule has 0 spiro atoms. The lowest BCUT2D eigenvalue weighted by Crippen LogP contribution is -2.56. The first-order chi connectivity index (χ1) is 13.3. The number of benzene rings is 1. The summed E-state index contributed by atoms with van der Waals surface area (Å²) in [5.74, 6) is 0.267. The van der Waals surface area contributed by atoms with Crippen LogP contribution in [0, 0.1) is 0 Å². The lowest BCUT2D eigenvalue weighted by Gasteiger charge is -2.34. The van der Waals surface area contributed by atoms with Crippen molar-refractivity contribution in [1.82, 2.24) is 20.2 Å². The van der Waals surface area contributed by atoms with Gasteiger partial charge < -0.3 is 15.1 Å². The third kappa shape index (κ3) is 3.36. The number of rotatable bonds is 5. The van der Waals surface area contributed by atoms with Gasteiger partial charge in [-0.25, -0.2) is 13.4 Å². The molecule has 1 fully saturated rings. The topological polar surface area (TPSA) is 128 Å². The van der Waals surface area contributed by atoms with Crippen molar-refractivity contribution in [2.45, 2.75) is 30.0 Å². The van der Waals surface area contributed by atoms with Crippen LogP contribution in [0.15, 0.2) is 46.0 Å². The average Bonchev–Trinajstić information content (AvgIpc) is 3.15. The number of nitrogens with zero attached hydrogens (tertiary/aromatic N) is 5. The monoisotopic (exact) mass is 400 g/mol. The van der Waals surface area contributed by atoms with Gasteiger partial charge in [0.25, 0.3) is 5.89 Å². The fourth-order valence-electron chi connectivity index (χ4n) is 2.81. The van der Waals surface area contributed by atoms with Crippen LogP contribution in [0.3, 0.4) is 0 Å². The highest BCUT2D eigenvalue weighted by Gasteiger charge is 2.28. The van der Waals surface area contributed by atoms with Gasteiger partial charge in [0.15, 0.2) is 9.84 Å². The van der Waals surface area contributed by atoms with E-state index in [2.05, 4.69) is 20.2 Å². The molecule has 2 aromatic heterocycles. The largest absolute Gasteiger partial charge is 0.401 e. The Kier molecular flexibility index (Phi) is 4.60. The van der Waals surface area contributed by atoms with Gasteiger partial charge in [0, 0.05) is 24.7 Å². The molecule has 0 amide bonds. The Morgan fingerprint density at radius 3 is 2.43 bits per heavy atom. The van der Waals surface area contributed by atoms with Crippen LogP contribution in [0.25, 0.3) is 22.8 Å². The molecule has 9 nitrogen and oxygen atoms in total. The van der Waals surface area contributed by atoms with Gasteiger partial charge in [-0.2, -0.15) is 0 Å². The van der Waals surface area contributed by atoms with Crippen molar-refractivity contribution in [1.29, 1.82) is 0 Å². The first kappa shape index (κ1) is 18.5. The minimum absolute atomic E-state index is 0.126. The standard InChI is InChI=1S/C18H20N6O3S/c1-11(2)28(25,26)14-5-3-12(4-6-14)15-7-20-8-16(21-15)17-22-23-18(27-17)24-9-13(19)10-24/h3-8,11,13H,9-10,19H2,1-2H3. The van der Waals surface area contributed by atoms with Crippen molar-refractivity contribution in [2.24, 2.45) is 5.73 Å². The minimum atomic E-state index is -3.32. The molecule has 4 rings (SSSR count). The molecule has 146 valence electrons. The van der Waals surface area contributed by atoms with Gasteiger partial charge in [-0.15, -0.1) is 5.10 Å². The first-order valence-corrected chi connectivity index (χ1v) is 10.4. The second-order valence-corrected chi connectivity index (χ2v) is 9.47. The smallest absolute Gasteiger partial charge is 0.318 e. The molecule has 0 saturated carbocycles. The Balaban J connectivity index is 1.59. The third-order valence-corrected chi connectivity index (χ3v) is 6.72. The van der Waals surface area contributed by atoms with Crippen LogP contribution in [-0.2, 0) is 9.84 Å². The first-order valence-electron chi connectivity index (χ1n) is 8.85. The van der Waals surface area contributed by atoms with Crippen LogP contribution in [0.4, 0.5) is 6.01 Å². The second-order valence-electron chi connectivity index (χ2n) is 6.96. The molecule has 1 aliphatic rings. The van der Waals surface area contributed by atoms with E-state index < -0.39 is 15.1 Å². The van der Waals surface area contributed by atoms with Crippen molar-refractivity contribution in [2.75, 3.05) is 18.0 Å². The number of nitrogens with two attached hydrogens (primary N) is 1. The Morgan fingerprint density at radius 1 is 1.11 bits per heavy atom. The van der Waals surface area contributed by atoms with Gasteiger partial charge in [0.05, 0.1) is 28.2 Å². The summed E-state index contributed by atoms with van der Waals surface area (Å²) in [6.07, 6.45) is 3.14. The van der Waals surface area contributed by atoms with Crippen LogP contribution in [-0.4, -0.2) is 53.0 Å². The molecule has 3 aromatic rings. The van der Waals surface area contributed by atoms with Crippen molar-refractivity contribution < 1.29 is 12.8 Å². The second kappa shape index (κ2) is 6.95. The fraction of sp³-hybridized carbons (Fsp3) is 0.333. The van der Waals surface area contributed by atoms with E-state index in [1.807, 2.05) is 4.90 Å². The van der Waals surface area contributed by atoms with Crippen molar-refractivity contribution >= 4 is 15.9 Å². The molecule has 0 unspecified atom stereocenters. The number of aromatic nitrogens is 4. The number of sulfone groups is 1. The highest BCUT2D eigenvalue weighted by Crippen LogP contribution is 2.26. The third-order valence-electron chi connectivity index (χ3n) is 4.55. The number of hydrogen-bond donors (Lipinski definition) is 1. The van der Waals surface area contributed by atoms with Gasteiger partial charge >= 0.3 is 6.01 Å². The van der Waals surface area contributed by atoms with Crippen LogP contribution in [0.1, 0.15) is 13.8 Å². The van der Waals surface area contributed by atoms with Crippen LogP contribution in [0.2, 0.25) is 0 Å². The zero-order chi connectivity index (χ0) is 19.9. The maximum Gasteiger partial charge on any atom is 0.318 e. The molecule has 28 heavy (non-hydrogen) atoms. The zero-order valence-electron chi connectivity index (χ0n) is 15.5. The van der Waals surface area contributed by atoms with E-state index in [-0.39, 0.29) is 16.8 Å². The van der Waals surface area contributed by atoms with Gasteiger partial charge in [0.2, 0.25) is 0 Å². The Hall–Kier alpha value is -2.85. The van der Waals surface area contributed by atoms with Crippen molar-refractivity contribution in [3.8, 4) is 22.8 Å². The summed E-state index contributed by atoms with van der Waals surface area (Å²) in [6.45, 7) is 4.67. The lowest BCUT2D eigenvalue weighted by molar-refractivity contribution is 0.453. The molecule has 3 heterocycles. The summed E-state index contributed by atoms with van der Waals surface area (Å²) in [5, 5.41) is 7.58. The van der Waals surface area contributed by atoms with Crippen LogP contribution in [0.5, 0.6) is 0 Å². The summed E-state index contributed by atoms with van der Waals surface area (Å²) in [6, 6.07) is 7.12. The van der Waals surface area contributed by atoms with Gasteiger partial charge in [-0.3, -0.25) is 4.98 Å². The summed E-state index contributed by atoms with van der Waals surface area (Å²) in [7, 11) is -3.32. The molecule has 2 N–H and O–H groups in total. The SMILES string of the molecule is CC(C)S(=O)(=O)c1ccc(-c2cncc(-c3nnc(N4CC(N)C4)o3)n2)cc1. The lowest BCUT2D eigenvalue weighted by atomic mass is 10.1. The summed E-state index contributed by atoms with van der Waals surface area (Å²) in [5.41, 5.74) is 7.54. The van der Waals surface area contributed by atoms with E-state index in [0.717, 1.165) is 5.56 Å². The average molecular weight is 400 g/mol. The highest BCUT2D eigenvalue weighted by atomic mass is 32.2. The van der Waals surface area contributed by atoms with Gasteiger partial charge in [0.1, 0.15) is 5.69 Å². The molecule has 0 bridgehead atoms. The molecule has 0 aliphatic carbocycles. The van der Waals surface area contributed by atoms with E-state index in [1.165, 1.54) is 0 Å². The number of anilines is 1. The van der Waals surface area contributed by atoms with E-state index in [1.54, 1.807) is 50.5 Å². The summed E-state index contributed by atoms with van der Waals surface area (Å²) in [4.78, 5) is 10.9. The summed E-state index contributed by atoms with van der Waals surface area (Å²) >= 11 is 0. The minimum Gasteiger partial charge on any atom is -0.401 e. The number of hydrogen-bond acceptors (Lipinski definition) is 9. The Labute approximate surface area is 162 Å². The van der Waals surface area contributed by atoms with Gasteiger partial charge in [-0.05, 0) is 26.0 Å². The van der Waals surface area contributed by atoms with E-state index in [9.17, 15) is 8.42 Å². The molecule has 1 saturated heterocycles. The molecular formula is C18H20N6O3S. The predicted molar refractivity (Wildman–Crippen MR) is 103 cm³/mol. The van der Waals surface area contributed by atoms with Crippen LogP contribution >= 0.6 is 0 Å².